The number of benzene rings is 1. The third-order valence-electron chi connectivity index (χ3n) is 5.05. The number of rotatable bonds is 5. The van der Waals surface area contributed by atoms with Crippen molar-refractivity contribution in [3.63, 3.8) is 0 Å². The maximum atomic E-state index is 13.2. The molecule has 1 atom stereocenters. The molecule has 0 radical (unpaired) electrons. The molecule has 0 aliphatic carbocycles. The van der Waals surface area contributed by atoms with Crippen molar-refractivity contribution in [2.24, 2.45) is 0 Å². The van der Waals surface area contributed by atoms with Crippen LogP contribution in [0.5, 0.6) is 11.5 Å². The van der Waals surface area contributed by atoms with E-state index in [1.807, 2.05) is 35.2 Å². The zero-order valence-corrected chi connectivity index (χ0v) is 15.9. The molecule has 3 heterocycles. The number of nitrogens with one attached hydrogen (secondary N) is 1. The van der Waals surface area contributed by atoms with Gasteiger partial charge in [-0.3, -0.25) is 9.78 Å². The molecule has 0 saturated heterocycles. The molecule has 7 nitrogen and oxygen atoms in total. The quantitative estimate of drug-likeness (QED) is 0.738. The van der Waals surface area contributed by atoms with Crippen LogP contribution in [0.15, 0.2) is 49.1 Å². The van der Waals surface area contributed by atoms with E-state index in [0.717, 1.165) is 28.9 Å². The molecule has 0 fully saturated rings. The fraction of sp³-hybridized carbons (Fsp3) is 0.286. The number of carbonyl (C=O) groups excluding carboxylic acids is 1. The van der Waals surface area contributed by atoms with Crippen molar-refractivity contribution >= 4 is 5.91 Å². The Morgan fingerprint density at radius 1 is 1.25 bits per heavy atom. The molecule has 1 aliphatic rings. The molecule has 28 heavy (non-hydrogen) atoms. The van der Waals surface area contributed by atoms with Gasteiger partial charge in [-0.1, -0.05) is 12.1 Å². The first-order chi connectivity index (χ1) is 13.7. The third kappa shape index (κ3) is 3.31. The van der Waals surface area contributed by atoms with Crippen LogP contribution in [0.25, 0.3) is 0 Å². The SMILES string of the molecule is COc1ccc(CC(=O)N2CCc3[nH]cnc3C2c2cccnc2)cc1OC. The maximum absolute atomic E-state index is 13.2. The molecule has 2 aromatic heterocycles. The normalized spacial score (nSPS) is 15.8. The summed E-state index contributed by atoms with van der Waals surface area (Å²) in [5.74, 6) is 1.30. The number of methoxy groups -OCH3 is 2. The van der Waals surface area contributed by atoms with E-state index in [4.69, 9.17) is 9.47 Å². The topological polar surface area (TPSA) is 80.3 Å². The number of nitrogens with zero attached hydrogens (tertiary/aromatic N) is 3. The van der Waals surface area contributed by atoms with Crippen molar-refractivity contribution in [1.29, 1.82) is 0 Å². The molecule has 1 unspecified atom stereocenters. The highest BCUT2D eigenvalue weighted by molar-refractivity contribution is 5.80. The lowest BCUT2D eigenvalue weighted by Crippen LogP contribution is -2.41. The summed E-state index contributed by atoms with van der Waals surface area (Å²) >= 11 is 0. The number of hydrogen-bond donors (Lipinski definition) is 1. The van der Waals surface area contributed by atoms with E-state index in [1.165, 1.54) is 0 Å². The third-order valence-corrected chi connectivity index (χ3v) is 5.05. The highest BCUT2D eigenvalue weighted by Gasteiger charge is 2.34. The second-order valence-electron chi connectivity index (χ2n) is 6.66. The van der Waals surface area contributed by atoms with E-state index in [2.05, 4.69) is 15.0 Å². The number of amides is 1. The number of ether oxygens (including phenoxy) is 2. The zero-order chi connectivity index (χ0) is 19.5. The highest BCUT2D eigenvalue weighted by Crippen LogP contribution is 2.34. The number of fused-ring (bicyclic) bond motifs is 1. The van der Waals surface area contributed by atoms with E-state index < -0.39 is 0 Å². The predicted octanol–water partition coefficient (Wildman–Crippen LogP) is 2.54. The Labute approximate surface area is 163 Å². The van der Waals surface area contributed by atoms with Gasteiger partial charge in [0.15, 0.2) is 11.5 Å². The van der Waals surface area contributed by atoms with E-state index in [9.17, 15) is 4.79 Å². The van der Waals surface area contributed by atoms with Crippen molar-refractivity contribution in [2.75, 3.05) is 20.8 Å². The lowest BCUT2D eigenvalue weighted by atomic mass is 9.96. The van der Waals surface area contributed by atoms with Gasteiger partial charge in [-0.2, -0.15) is 0 Å². The number of aromatic nitrogens is 3. The van der Waals surface area contributed by atoms with Crippen molar-refractivity contribution in [2.45, 2.75) is 18.9 Å². The molecule has 1 amide bonds. The van der Waals surface area contributed by atoms with Crippen LogP contribution >= 0.6 is 0 Å². The van der Waals surface area contributed by atoms with Gasteiger partial charge in [0.25, 0.3) is 0 Å². The number of aromatic amines is 1. The molecule has 1 aromatic carbocycles. The van der Waals surface area contributed by atoms with E-state index in [0.29, 0.717) is 18.0 Å². The Morgan fingerprint density at radius 3 is 2.86 bits per heavy atom. The average molecular weight is 378 g/mol. The van der Waals surface area contributed by atoms with Crippen molar-refractivity contribution in [3.05, 3.63) is 71.6 Å². The first kappa shape index (κ1) is 18.0. The summed E-state index contributed by atoms with van der Waals surface area (Å²) in [4.78, 5) is 27.0. The molecule has 1 aliphatic heterocycles. The monoisotopic (exact) mass is 378 g/mol. The molecule has 0 spiro atoms. The minimum Gasteiger partial charge on any atom is -0.493 e. The van der Waals surface area contributed by atoms with Crippen LogP contribution < -0.4 is 9.47 Å². The summed E-state index contributed by atoms with van der Waals surface area (Å²) in [6, 6.07) is 9.19. The minimum absolute atomic E-state index is 0.0368. The summed E-state index contributed by atoms with van der Waals surface area (Å²) in [5, 5.41) is 0. The van der Waals surface area contributed by atoms with Gasteiger partial charge in [0.1, 0.15) is 6.04 Å². The lowest BCUT2D eigenvalue weighted by Gasteiger charge is -2.35. The Kier molecular flexibility index (Phi) is 4.97. The van der Waals surface area contributed by atoms with Crippen LogP contribution in [-0.2, 0) is 17.6 Å². The van der Waals surface area contributed by atoms with Crippen LogP contribution in [0.2, 0.25) is 0 Å². The molecule has 144 valence electrons. The first-order valence-corrected chi connectivity index (χ1v) is 9.13. The molecule has 7 heteroatoms. The largest absolute Gasteiger partial charge is 0.493 e. The van der Waals surface area contributed by atoms with Gasteiger partial charge in [-0.15, -0.1) is 0 Å². The molecule has 4 rings (SSSR count). The number of carbonyl (C=O) groups is 1. The fourth-order valence-electron chi connectivity index (χ4n) is 3.69. The van der Waals surface area contributed by atoms with Gasteiger partial charge in [-0.25, -0.2) is 4.98 Å². The summed E-state index contributed by atoms with van der Waals surface area (Å²) in [5.41, 5.74) is 3.79. The van der Waals surface area contributed by atoms with Crippen molar-refractivity contribution in [3.8, 4) is 11.5 Å². The van der Waals surface area contributed by atoms with Crippen LogP contribution in [0, 0.1) is 0 Å². The predicted molar refractivity (Wildman–Crippen MR) is 103 cm³/mol. The molecular formula is C21H22N4O3. The Bertz CT molecular complexity index is 971. The van der Waals surface area contributed by atoms with Crippen LogP contribution in [0.1, 0.15) is 28.6 Å². The smallest absolute Gasteiger partial charge is 0.227 e. The number of H-pyrrole nitrogens is 1. The van der Waals surface area contributed by atoms with Crippen molar-refractivity contribution in [1.82, 2.24) is 19.9 Å². The summed E-state index contributed by atoms with van der Waals surface area (Å²) in [6.07, 6.45) is 6.25. The maximum Gasteiger partial charge on any atom is 0.227 e. The standard InChI is InChI=1S/C21H22N4O3/c1-27-17-6-5-14(10-18(17)28-2)11-19(26)25-9-7-16-20(24-13-23-16)21(25)15-4-3-8-22-12-15/h3-6,8,10,12-13,21H,7,9,11H2,1-2H3,(H,23,24). The summed E-state index contributed by atoms with van der Waals surface area (Å²) in [6.45, 7) is 0.626. The van der Waals surface area contributed by atoms with E-state index in [-0.39, 0.29) is 18.4 Å². The Morgan fingerprint density at radius 2 is 2.11 bits per heavy atom. The second kappa shape index (κ2) is 7.72. The number of imidazole rings is 1. The van der Waals surface area contributed by atoms with Crippen LogP contribution in [-0.4, -0.2) is 46.5 Å². The number of pyridine rings is 1. The molecule has 1 N–H and O–H groups in total. The molecule has 3 aromatic rings. The van der Waals surface area contributed by atoms with Gasteiger partial charge < -0.3 is 19.4 Å². The molecule has 0 saturated carbocycles. The van der Waals surface area contributed by atoms with E-state index in [1.54, 1.807) is 32.9 Å². The van der Waals surface area contributed by atoms with Gasteiger partial charge in [0.05, 0.1) is 32.7 Å². The Hall–Kier alpha value is -3.35. The van der Waals surface area contributed by atoms with E-state index >= 15 is 0 Å². The Balaban J connectivity index is 1.63. The zero-order valence-electron chi connectivity index (χ0n) is 15.9. The molecular weight excluding hydrogens is 356 g/mol. The molecule has 0 bridgehead atoms. The van der Waals surface area contributed by atoms with Gasteiger partial charge >= 0.3 is 0 Å². The number of hydrogen-bond acceptors (Lipinski definition) is 5. The second-order valence-corrected chi connectivity index (χ2v) is 6.66. The first-order valence-electron chi connectivity index (χ1n) is 9.13. The van der Waals surface area contributed by atoms with Crippen molar-refractivity contribution < 1.29 is 14.3 Å². The van der Waals surface area contributed by atoms with Crippen LogP contribution in [0.3, 0.4) is 0 Å². The lowest BCUT2D eigenvalue weighted by molar-refractivity contribution is -0.132. The van der Waals surface area contributed by atoms with Crippen LogP contribution in [0.4, 0.5) is 0 Å². The fourth-order valence-corrected chi connectivity index (χ4v) is 3.69. The van der Waals surface area contributed by atoms with Gasteiger partial charge in [-0.05, 0) is 29.3 Å². The summed E-state index contributed by atoms with van der Waals surface area (Å²) < 4.78 is 10.6. The minimum atomic E-state index is -0.239. The van der Waals surface area contributed by atoms with Gasteiger partial charge in [0.2, 0.25) is 5.91 Å². The average Bonchev–Trinajstić information content (AvgIpc) is 3.22. The highest BCUT2D eigenvalue weighted by atomic mass is 16.5. The summed E-state index contributed by atoms with van der Waals surface area (Å²) in [7, 11) is 3.18. The van der Waals surface area contributed by atoms with Gasteiger partial charge in [0, 0.05) is 31.1 Å².